The van der Waals surface area contributed by atoms with Gasteiger partial charge in [-0.2, -0.15) is 5.10 Å². The van der Waals surface area contributed by atoms with Crippen molar-refractivity contribution in [2.75, 3.05) is 6.54 Å². The number of carbonyl (C=O) groups is 2. The van der Waals surface area contributed by atoms with E-state index in [9.17, 15) is 9.59 Å². The molecule has 104 valence electrons. The average molecular weight is 274 g/mol. The molecule has 0 bridgehead atoms. The summed E-state index contributed by atoms with van der Waals surface area (Å²) in [5.41, 5.74) is 1.11. The van der Waals surface area contributed by atoms with Crippen LogP contribution in [0.1, 0.15) is 15.9 Å². The smallest absolute Gasteiger partial charge is 0.335 e. The predicted molar refractivity (Wildman–Crippen MR) is 70.1 cm³/mol. The lowest BCUT2D eigenvalue weighted by molar-refractivity contribution is -0.121. The molecule has 0 aliphatic heterocycles. The third-order valence-corrected chi connectivity index (χ3v) is 2.68. The minimum atomic E-state index is -0.956. The molecule has 0 aliphatic carbocycles. The van der Waals surface area contributed by atoms with Crippen LogP contribution in [0.15, 0.2) is 36.9 Å². The van der Waals surface area contributed by atoms with Crippen molar-refractivity contribution in [1.82, 2.24) is 20.1 Å². The van der Waals surface area contributed by atoms with Crippen molar-refractivity contribution in [2.45, 2.75) is 13.0 Å². The number of carboxylic acid groups (broad SMARTS) is 1. The number of carboxylic acids is 1. The first-order valence-corrected chi connectivity index (χ1v) is 6.06. The average Bonchev–Trinajstić information content (AvgIpc) is 2.92. The van der Waals surface area contributed by atoms with Crippen molar-refractivity contribution < 1.29 is 14.7 Å². The molecule has 0 aliphatic rings. The zero-order chi connectivity index (χ0) is 14.4. The van der Waals surface area contributed by atoms with E-state index in [1.54, 1.807) is 12.1 Å². The second-order valence-corrected chi connectivity index (χ2v) is 4.20. The zero-order valence-corrected chi connectivity index (χ0v) is 10.7. The van der Waals surface area contributed by atoms with Crippen molar-refractivity contribution in [3.63, 3.8) is 0 Å². The number of nitrogens with one attached hydrogen (secondary N) is 1. The number of carbonyl (C=O) groups excluding carboxylic acids is 1. The summed E-state index contributed by atoms with van der Waals surface area (Å²) in [6.45, 7) is 0.561. The number of aromatic carboxylic acids is 1. The van der Waals surface area contributed by atoms with Gasteiger partial charge in [-0.1, -0.05) is 12.1 Å². The SMILES string of the molecule is O=C(Cn1cncn1)NCCc1cccc(C(=O)O)c1. The largest absolute Gasteiger partial charge is 0.478 e. The van der Waals surface area contributed by atoms with Crippen LogP contribution in [0, 0.1) is 0 Å². The molecule has 0 fully saturated rings. The Kier molecular flexibility index (Phi) is 4.43. The van der Waals surface area contributed by atoms with Crippen molar-refractivity contribution >= 4 is 11.9 Å². The third kappa shape index (κ3) is 3.91. The van der Waals surface area contributed by atoms with Gasteiger partial charge in [0.15, 0.2) is 0 Å². The summed E-state index contributed by atoms with van der Waals surface area (Å²) in [7, 11) is 0. The zero-order valence-electron chi connectivity index (χ0n) is 10.7. The summed E-state index contributed by atoms with van der Waals surface area (Å²) in [5, 5.41) is 15.5. The molecular formula is C13H14N4O3. The molecule has 0 spiro atoms. The van der Waals surface area contributed by atoms with Crippen molar-refractivity contribution in [3.05, 3.63) is 48.0 Å². The molecule has 1 aromatic heterocycles. The Morgan fingerprint density at radius 3 is 2.90 bits per heavy atom. The van der Waals surface area contributed by atoms with Crippen LogP contribution >= 0.6 is 0 Å². The van der Waals surface area contributed by atoms with Crippen molar-refractivity contribution in [1.29, 1.82) is 0 Å². The second kappa shape index (κ2) is 6.46. The topological polar surface area (TPSA) is 97.1 Å². The molecule has 0 saturated heterocycles. The maximum atomic E-state index is 11.6. The van der Waals surface area contributed by atoms with Gasteiger partial charge >= 0.3 is 5.97 Å². The maximum Gasteiger partial charge on any atom is 0.335 e. The van der Waals surface area contributed by atoms with Crippen molar-refractivity contribution in [2.24, 2.45) is 0 Å². The van der Waals surface area contributed by atoms with Gasteiger partial charge in [0, 0.05) is 6.54 Å². The summed E-state index contributed by atoms with van der Waals surface area (Å²) < 4.78 is 1.43. The fourth-order valence-corrected chi connectivity index (χ4v) is 1.72. The summed E-state index contributed by atoms with van der Waals surface area (Å²) in [4.78, 5) is 26.2. The van der Waals surface area contributed by atoms with E-state index in [1.165, 1.54) is 23.4 Å². The minimum absolute atomic E-state index is 0.120. The lowest BCUT2D eigenvalue weighted by atomic mass is 10.1. The molecule has 0 atom stereocenters. The first kappa shape index (κ1) is 13.7. The molecule has 0 saturated carbocycles. The fourth-order valence-electron chi connectivity index (χ4n) is 1.72. The number of benzene rings is 1. The fraction of sp³-hybridized carbons (Fsp3) is 0.231. The highest BCUT2D eigenvalue weighted by Crippen LogP contribution is 2.05. The Morgan fingerprint density at radius 1 is 1.35 bits per heavy atom. The summed E-state index contributed by atoms with van der Waals surface area (Å²) in [5.74, 6) is -1.12. The van der Waals surface area contributed by atoms with E-state index in [0.29, 0.717) is 13.0 Å². The van der Waals surface area contributed by atoms with Gasteiger partial charge in [-0.15, -0.1) is 0 Å². The van der Waals surface area contributed by atoms with E-state index >= 15 is 0 Å². The van der Waals surface area contributed by atoms with Crippen LogP contribution in [0.5, 0.6) is 0 Å². The second-order valence-electron chi connectivity index (χ2n) is 4.20. The van der Waals surface area contributed by atoms with Crippen LogP contribution < -0.4 is 5.32 Å². The summed E-state index contributed by atoms with van der Waals surface area (Å²) in [6.07, 6.45) is 3.41. The number of hydrogen-bond donors (Lipinski definition) is 2. The minimum Gasteiger partial charge on any atom is -0.478 e. The van der Waals surface area contributed by atoms with E-state index in [4.69, 9.17) is 5.11 Å². The third-order valence-electron chi connectivity index (χ3n) is 2.68. The molecule has 1 heterocycles. The van der Waals surface area contributed by atoms with E-state index in [2.05, 4.69) is 15.4 Å². The number of amides is 1. The molecule has 2 N–H and O–H groups in total. The highest BCUT2D eigenvalue weighted by Gasteiger charge is 2.05. The molecule has 7 heteroatoms. The Labute approximate surface area is 115 Å². The van der Waals surface area contributed by atoms with Crippen LogP contribution in [-0.2, 0) is 17.8 Å². The van der Waals surface area contributed by atoms with Gasteiger partial charge in [0.2, 0.25) is 5.91 Å². The molecule has 1 aromatic carbocycles. The summed E-state index contributed by atoms with van der Waals surface area (Å²) >= 11 is 0. The highest BCUT2D eigenvalue weighted by molar-refractivity contribution is 5.87. The molecule has 0 unspecified atom stereocenters. The molecule has 7 nitrogen and oxygen atoms in total. The normalized spacial score (nSPS) is 10.2. The van der Waals surface area contributed by atoms with E-state index in [1.807, 2.05) is 6.07 Å². The maximum absolute atomic E-state index is 11.6. The number of hydrogen-bond acceptors (Lipinski definition) is 4. The molecular weight excluding hydrogens is 260 g/mol. The number of nitrogens with zero attached hydrogens (tertiary/aromatic N) is 3. The first-order valence-electron chi connectivity index (χ1n) is 6.06. The Hall–Kier alpha value is -2.70. The van der Waals surface area contributed by atoms with Gasteiger partial charge in [-0.05, 0) is 24.1 Å². The Balaban J connectivity index is 1.79. The monoisotopic (exact) mass is 274 g/mol. The van der Waals surface area contributed by atoms with Crippen LogP contribution in [0.4, 0.5) is 0 Å². The lowest BCUT2D eigenvalue weighted by Gasteiger charge is -2.06. The van der Waals surface area contributed by atoms with E-state index < -0.39 is 5.97 Å². The van der Waals surface area contributed by atoms with E-state index in [0.717, 1.165) is 5.56 Å². The molecule has 0 radical (unpaired) electrons. The number of aromatic nitrogens is 3. The van der Waals surface area contributed by atoms with Gasteiger partial charge in [-0.25, -0.2) is 14.5 Å². The standard InChI is InChI=1S/C13H14N4O3/c18-12(7-17-9-14-8-16-17)15-5-4-10-2-1-3-11(6-10)13(19)20/h1-3,6,8-9H,4-5,7H2,(H,15,18)(H,19,20). The van der Waals surface area contributed by atoms with Crippen LogP contribution in [-0.4, -0.2) is 38.3 Å². The molecule has 2 aromatic rings. The lowest BCUT2D eigenvalue weighted by Crippen LogP contribution is -2.29. The predicted octanol–water partition coefficient (Wildman–Crippen LogP) is 0.335. The summed E-state index contributed by atoms with van der Waals surface area (Å²) in [6, 6.07) is 6.66. The van der Waals surface area contributed by atoms with Gasteiger partial charge in [0.25, 0.3) is 0 Å². The van der Waals surface area contributed by atoms with Gasteiger partial charge in [0.1, 0.15) is 19.2 Å². The Morgan fingerprint density at radius 2 is 2.20 bits per heavy atom. The van der Waals surface area contributed by atoms with Crippen LogP contribution in [0.25, 0.3) is 0 Å². The molecule has 20 heavy (non-hydrogen) atoms. The Bertz CT molecular complexity index is 595. The first-order chi connectivity index (χ1) is 9.65. The van der Waals surface area contributed by atoms with Crippen LogP contribution in [0.3, 0.4) is 0 Å². The van der Waals surface area contributed by atoms with Crippen molar-refractivity contribution in [3.8, 4) is 0 Å². The van der Waals surface area contributed by atoms with Gasteiger partial charge in [-0.3, -0.25) is 4.79 Å². The molecule has 1 amide bonds. The quantitative estimate of drug-likeness (QED) is 0.791. The van der Waals surface area contributed by atoms with E-state index in [-0.39, 0.29) is 18.0 Å². The van der Waals surface area contributed by atoms with Gasteiger partial charge in [0.05, 0.1) is 5.56 Å². The van der Waals surface area contributed by atoms with Gasteiger partial charge < -0.3 is 10.4 Å². The van der Waals surface area contributed by atoms with Crippen LogP contribution in [0.2, 0.25) is 0 Å². The number of rotatable bonds is 6. The molecule has 2 rings (SSSR count). The highest BCUT2D eigenvalue weighted by atomic mass is 16.4.